The Balaban J connectivity index is 2.86. The number of pyridine rings is 1. The first kappa shape index (κ1) is 7.72. The van der Waals surface area contributed by atoms with Crippen LogP contribution in [0.2, 0.25) is 0 Å². The third-order valence-corrected chi connectivity index (χ3v) is 1.29. The van der Waals surface area contributed by atoms with Crippen molar-refractivity contribution in [2.45, 2.75) is 0 Å². The van der Waals surface area contributed by atoms with Crippen molar-refractivity contribution in [2.75, 3.05) is 14.1 Å². The van der Waals surface area contributed by atoms with Gasteiger partial charge in [0, 0.05) is 20.3 Å². The summed E-state index contributed by atoms with van der Waals surface area (Å²) in [5.74, 6) is -0.0643. The molecule has 0 aliphatic heterocycles. The van der Waals surface area contributed by atoms with Gasteiger partial charge in [-0.3, -0.25) is 9.78 Å². The average Bonchev–Trinajstić information content (AvgIpc) is 2.05. The molecule has 0 spiro atoms. The van der Waals surface area contributed by atoms with E-state index < -0.39 is 0 Å². The molecule has 0 aliphatic rings. The molecule has 0 unspecified atom stereocenters. The summed E-state index contributed by atoms with van der Waals surface area (Å²) in [5.41, 5.74) is 0.484. The van der Waals surface area contributed by atoms with Crippen LogP contribution < -0.4 is 0 Å². The van der Waals surface area contributed by atoms with Crippen molar-refractivity contribution in [3.05, 3.63) is 30.1 Å². The maximum absolute atomic E-state index is 11.2. The number of carbonyl (C=O) groups is 1. The Kier molecular flexibility index (Phi) is 2.21. The molecule has 0 fully saturated rings. The number of aromatic nitrogens is 1. The van der Waals surface area contributed by atoms with E-state index in [-0.39, 0.29) is 5.91 Å². The molecule has 3 nitrogen and oxygen atoms in total. The molecule has 58 valence electrons. The number of nitrogens with zero attached hydrogens (tertiary/aromatic N) is 2. The van der Waals surface area contributed by atoms with E-state index in [4.69, 9.17) is 0 Å². The van der Waals surface area contributed by atoms with Gasteiger partial charge in [0.05, 0.1) is 0 Å². The molecular formula is C8H10N2O. The van der Waals surface area contributed by atoms with Crippen molar-refractivity contribution >= 4 is 5.91 Å². The third-order valence-electron chi connectivity index (χ3n) is 1.29. The Hall–Kier alpha value is -1.38. The van der Waals surface area contributed by atoms with Crippen LogP contribution in [-0.2, 0) is 0 Å². The summed E-state index contributed by atoms with van der Waals surface area (Å²) < 4.78 is 0. The lowest BCUT2D eigenvalue weighted by Crippen LogP contribution is -2.22. The van der Waals surface area contributed by atoms with Gasteiger partial charge < -0.3 is 4.90 Å². The summed E-state index contributed by atoms with van der Waals surface area (Å²) in [7, 11) is 3.41. The van der Waals surface area contributed by atoms with E-state index in [1.807, 2.05) is 0 Å². The SMILES string of the molecule is CN(C)C(=O)c1ccccn1. The highest BCUT2D eigenvalue weighted by atomic mass is 16.2. The van der Waals surface area contributed by atoms with E-state index in [1.54, 1.807) is 38.5 Å². The van der Waals surface area contributed by atoms with Crippen molar-refractivity contribution in [2.24, 2.45) is 0 Å². The molecule has 0 atom stereocenters. The molecule has 0 N–H and O–H groups in total. The van der Waals surface area contributed by atoms with Crippen molar-refractivity contribution in [1.29, 1.82) is 0 Å². The number of rotatable bonds is 1. The first-order chi connectivity index (χ1) is 5.22. The van der Waals surface area contributed by atoms with Crippen LogP contribution in [0.1, 0.15) is 10.5 Å². The molecule has 0 aliphatic carbocycles. The molecule has 0 saturated heterocycles. The van der Waals surface area contributed by atoms with Gasteiger partial charge in [0.25, 0.3) is 5.91 Å². The van der Waals surface area contributed by atoms with Crippen LogP contribution in [0, 0.1) is 0 Å². The normalized spacial score (nSPS) is 9.27. The Morgan fingerprint density at radius 3 is 2.64 bits per heavy atom. The molecule has 11 heavy (non-hydrogen) atoms. The molecule has 1 aromatic heterocycles. The second-order valence-corrected chi connectivity index (χ2v) is 2.41. The summed E-state index contributed by atoms with van der Waals surface area (Å²) in [4.78, 5) is 16.6. The molecule has 3 heteroatoms. The molecule has 1 heterocycles. The zero-order valence-corrected chi connectivity index (χ0v) is 6.61. The van der Waals surface area contributed by atoms with Crippen LogP contribution in [0.3, 0.4) is 0 Å². The zero-order chi connectivity index (χ0) is 8.27. The van der Waals surface area contributed by atoms with Crippen LogP contribution >= 0.6 is 0 Å². The zero-order valence-electron chi connectivity index (χ0n) is 6.61. The van der Waals surface area contributed by atoms with Gasteiger partial charge >= 0.3 is 0 Å². The van der Waals surface area contributed by atoms with Gasteiger partial charge in [0.1, 0.15) is 5.69 Å². The fourth-order valence-electron chi connectivity index (χ4n) is 0.718. The monoisotopic (exact) mass is 150 g/mol. The topological polar surface area (TPSA) is 33.2 Å². The van der Waals surface area contributed by atoms with Crippen molar-refractivity contribution < 1.29 is 4.79 Å². The molecule has 0 radical (unpaired) electrons. The molecule has 0 bridgehead atoms. The fraction of sp³-hybridized carbons (Fsp3) is 0.250. The van der Waals surface area contributed by atoms with Crippen LogP contribution in [0.5, 0.6) is 0 Å². The maximum atomic E-state index is 11.2. The Morgan fingerprint density at radius 1 is 1.45 bits per heavy atom. The summed E-state index contributed by atoms with van der Waals surface area (Å²) in [6.07, 6.45) is 1.61. The van der Waals surface area contributed by atoms with Crippen molar-refractivity contribution in [3.8, 4) is 0 Å². The van der Waals surface area contributed by atoms with Crippen LogP contribution in [0.15, 0.2) is 24.4 Å². The second-order valence-electron chi connectivity index (χ2n) is 2.41. The van der Waals surface area contributed by atoms with E-state index in [0.717, 1.165) is 0 Å². The summed E-state index contributed by atoms with van der Waals surface area (Å²) in [6.45, 7) is 0. The van der Waals surface area contributed by atoms with E-state index in [2.05, 4.69) is 4.98 Å². The third kappa shape index (κ3) is 1.77. The lowest BCUT2D eigenvalue weighted by Gasteiger charge is -2.07. The van der Waals surface area contributed by atoms with Gasteiger partial charge in [-0.2, -0.15) is 0 Å². The maximum Gasteiger partial charge on any atom is 0.271 e. The second kappa shape index (κ2) is 3.14. The highest BCUT2D eigenvalue weighted by Gasteiger charge is 2.06. The number of hydrogen-bond donors (Lipinski definition) is 0. The Morgan fingerprint density at radius 2 is 2.18 bits per heavy atom. The lowest BCUT2D eigenvalue weighted by molar-refractivity contribution is 0.0822. The minimum absolute atomic E-state index is 0.0643. The standard InChI is InChI=1S/C8H10N2O/c1-10(2)8(11)7-5-3-4-6-9-7/h3-6H,1-2H3. The van der Waals surface area contributed by atoms with E-state index in [0.29, 0.717) is 5.69 Å². The van der Waals surface area contributed by atoms with Crippen molar-refractivity contribution in [3.63, 3.8) is 0 Å². The van der Waals surface area contributed by atoms with E-state index in [9.17, 15) is 4.79 Å². The molecule has 0 saturated carbocycles. The van der Waals surface area contributed by atoms with Gasteiger partial charge in [-0.1, -0.05) is 6.07 Å². The minimum atomic E-state index is -0.0643. The predicted molar refractivity (Wildman–Crippen MR) is 42.3 cm³/mol. The number of hydrogen-bond acceptors (Lipinski definition) is 2. The largest absolute Gasteiger partial charge is 0.343 e. The van der Waals surface area contributed by atoms with Gasteiger partial charge in [-0.25, -0.2) is 0 Å². The molecular weight excluding hydrogens is 140 g/mol. The quantitative estimate of drug-likeness (QED) is 0.592. The number of amides is 1. The van der Waals surface area contributed by atoms with Crippen LogP contribution in [0.25, 0.3) is 0 Å². The van der Waals surface area contributed by atoms with Gasteiger partial charge in [-0.15, -0.1) is 0 Å². The smallest absolute Gasteiger partial charge is 0.271 e. The highest BCUT2D eigenvalue weighted by Crippen LogP contribution is 1.95. The van der Waals surface area contributed by atoms with Gasteiger partial charge in [0.2, 0.25) is 0 Å². The van der Waals surface area contributed by atoms with E-state index in [1.165, 1.54) is 4.90 Å². The van der Waals surface area contributed by atoms with Crippen molar-refractivity contribution in [1.82, 2.24) is 9.88 Å². The summed E-state index contributed by atoms with van der Waals surface area (Å²) in [5, 5.41) is 0. The first-order valence-electron chi connectivity index (χ1n) is 3.34. The molecule has 1 aromatic rings. The van der Waals surface area contributed by atoms with Gasteiger partial charge in [-0.05, 0) is 12.1 Å². The van der Waals surface area contributed by atoms with E-state index >= 15 is 0 Å². The fourth-order valence-corrected chi connectivity index (χ4v) is 0.718. The molecule has 1 rings (SSSR count). The highest BCUT2D eigenvalue weighted by molar-refractivity contribution is 5.91. The molecule has 0 aromatic carbocycles. The predicted octanol–water partition coefficient (Wildman–Crippen LogP) is 0.783. The first-order valence-corrected chi connectivity index (χ1v) is 3.34. The molecule has 1 amide bonds. The lowest BCUT2D eigenvalue weighted by atomic mass is 10.3. The Bertz CT molecular complexity index is 244. The van der Waals surface area contributed by atoms with Crippen LogP contribution in [-0.4, -0.2) is 29.9 Å². The average molecular weight is 150 g/mol. The minimum Gasteiger partial charge on any atom is -0.343 e. The summed E-state index contributed by atoms with van der Waals surface area (Å²) in [6, 6.07) is 5.28. The number of carbonyl (C=O) groups excluding carboxylic acids is 1. The Labute approximate surface area is 65.7 Å². The van der Waals surface area contributed by atoms with Crippen LogP contribution in [0.4, 0.5) is 0 Å². The summed E-state index contributed by atoms with van der Waals surface area (Å²) >= 11 is 0. The van der Waals surface area contributed by atoms with Gasteiger partial charge in [0.15, 0.2) is 0 Å².